The molecule has 0 spiro atoms. The Bertz CT molecular complexity index is 728. The van der Waals surface area contributed by atoms with Crippen molar-refractivity contribution in [3.63, 3.8) is 0 Å². The van der Waals surface area contributed by atoms with Gasteiger partial charge in [-0.05, 0) is 61.3 Å². The van der Waals surface area contributed by atoms with E-state index in [9.17, 15) is 9.18 Å². The summed E-state index contributed by atoms with van der Waals surface area (Å²) in [6.07, 6.45) is 7.99. The van der Waals surface area contributed by atoms with Gasteiger partial charge in [-0.1, -0.05) is 44.1 Å². The van der Waals surface area contributed by atoms with Crippen LogP contribution in [0.25, 0.3) is 0 Å². The van der Waals surface area contributed by atoms with Crippen LogP contribution >= 0.6 is 0 Å². The van der Waals surface area contributed by atoms with Crippen LogP contribution in [0.2, 0.25) is 0 Å². The fourth-order valence-electron chi connectivity index (χ4n) is 5.42. The molecule has 0 bridgehead atoms. The molecule has 1 heterocycles. The summed E-state index contributed by atoms with van der Waals surface area (Å²) in [5, 5.41) is 3.42. The fraction of sp³-hybridized carbons (Fsp3) is 0.609. The molecule has 0 aromatic heterocycles. The Morgan fingerprint density at radius 1 is 1.30 bits per heavy atom. The first-order valence-electron chi connectivity index (χ1n) is 10.3. The van der Waals surface area contributed by atoms with E-state index in [2.05, 4.69) is 25.2 Å². The summed E-state index contributed by atoms with van der Waals surface area (Å²) in [5.41, 5.74) is 2.87. The number of hydrogen-bond donors (Lipinski definition) is 1. The minimum Gasteiger partial charge on any atom is -0.461 e. The van der Waals surface area contributed by atoms with Gasteiger partial charge >= 0.3 is 5.97 Å². The zero-order valence-corrected chi connectivity index (χ0v) is 16.3. The first kappa shape index (κ1) is 18.7. The zero-order chi connectivity index (χ0) is 19.0. The molecule has 2 aliphatic carbocycles. The first-order valence-corrected chi connectivity index (χ1v) is 10.3. The van der Waals surface area contributed by atoms with Crippen LogP contribution < -0.4 is 5.32 Å². The van der Waals surface area contributed by atoms with Crippen molar-refractivity contribution in [2.45, 2.75) is 52.1 Å². The van der Waals surface area contributed by atoms with Gasteiger partial charge in [-0.2, -0.15) is 0 Å². The van der Waals surface area contributed by atoms with Gasteiger partial charge in [0.25, 0.3) is 0 Å². The van der Waals surface area contributed by atoms with E-state index in [1.54, 1.807) is 5.57 Å². The summed E-state index contributed by atoms with van der Waals surface area (Å²) < 4.78 is 18.8. The van der Waals surface area contributed by atoms with Crippen LogP contribution in [-0.4, -0.2) is 25.2 Å². The van der Waals surface area contributed by atoms with Crippen LogP contribution in [-0.2, 0) is 16.0 Å². The molecule has 5 atom stereocenters. The summed E-state index contributed by atoms with van der Waals surface area (Å²) in [7, 11) is 0. The fourth-order valence-corrected chi connectivity index (χ4v) is 5.42. The maximum Gasteiger partial charge on any atom is 0.311 e. The first-order chi connectivity index (χ1) is 13.0. The Morgan fingerprint density at radius 2 is 2.07 bits per heavy atom. The van der Waals surface area contributed by atoms with Gasteiger partial charge in [0.2, 0.25) is 0 Å². The Morgan fingerprint density at radius 3 is 2.85 bits per heavy atom. The smallest absolute Gasteiger partial charge is 0.311 e. The number of allylic oxidation sites excluding steroid dienone is 1. The molecule has 1 saturated carbocycles. The van der Waals surface area contributed by atoms with Crippen LogP contribution in [0.15, 0.2) is 35.9 Å². The molecule has 3 nitrogen and oxygen atoms in total. The lowest BCUT2D eigenvalue weighted by molar-refractivity contribution is -0.145. The second kappa shape index (κ2) is 7.38. The molecular formula is C23H30FNO2. The summed E-state index contributed by atoms with van der Waals surface area (Å²) in [6, 6.07) is 6.61. The monoisotopic (exact) mass is 371 g/mol. The van der Waals surface area contributed by atoms with Crippen molar-refractivity contribution in [2.24, 2.45) is 23.2 Å². The molecule has 1 aromatic carbocycles. The van der Waals surface area contributed by atoms with Crippen molar-refractivity contribution in [3.8, 4) is 0 Å². The summed E-state index contributed by atoms with van der Waals surface area (Å²) in [6.45, 7) is 6.11. The molecule has 0 unspecified atom stereocenters. The van der Waals surface area contributed by atoms with E-state index >= 15 is 0 Å². The Hall–Kier alpha value is -1.68. The van der Waals surface area contributed by atoms with E-state index in [4.69, 9.17) is 4.74 Å². The average molecular weight is 371 g/mol. The maximum atomic E-state index is 13.0. The summed E-state index contributed by atoms with van der Waals surface area (Å²) >= 11 is 0. The Kier molecular flexibility index (Phi) is 5.11. The van der Waals surface area contributed by atoms with Crippen LogP contribution in [0.1, 0.15) is 45.1 Å². The highest BCUT2D eigenvalue weighted by atomic mass is 19.1. The van der Waals surface area contributed by atoms with Crippen LogP contribution in [0, 0.1) is 29.0 Å². The van der Waals surface area contributed by atoms with E-state index in [-0.39, 0.29) is 35.1 Å². The van der Waals surface area contributed by atoms with Gasteiger partial charge in [0.05, 0.1) is 5.92 Å². The average Bonchev–Trinajstić information content (AvgIpc) is 2.92. The van der Waals surface area contributed by atoms with Crippen molar-refractivity contribution in [3.05, 3.63) is 47.3 Å². The molecule has 0 amide bonds. The van der Waals surface area contributed by atoms with E-state index < -0.39 is 0 Å². The number of halogens is 1. The lowest BCUT2D eigenvalue weighted by Crippen LogP contribution is -2.40. The number of ether oxygens (including phenoxy) is 1. The molecule has 146 valence electrons. The van der Waals surface area contributed by atoms with E-state index in [1.165, 1.54) is 31.4 Å². The Balaban J connectivity index is 1.38. The third-order valence-corrected chi connectivity index (χ3v) is 6.95. The van der Waals surface area contributed by atoms with E-state index in [0.717, 1.165) is 24.9 Å². The maximum absolute atomic E-state index is 13.0. The number of benzene rings is 1. The van der Waals surface area contributed by atoms with Gasteiger partial charge in [-0.15, -0.1) is 0 Å². The van der Waals surface area contributed by atoms with Crippen LogP contribution in [0.5, 0.6) is 0 Å². The van der Waals surface area contributed by atoms with Crippen LogP contribution in [0.3, 0.4) is 0 Å². The highest BCUT2D eigenvalue weighted by Gasteiger charge is 2.51. The van der Waals surface area contributed by atoms with Gasteiger partial charge in [0.1, 0.15) is 11.9 Å². The van der Waals surface area contributed by atoms with Gasteiger partial charge in [0.15, 0.2) is 0 Å². The molecule has 1 aromatic rings. The lowest BCUT2D eigenvalue weighted by Gasteiger charge is -2.46. The predicted octanol–water partition coefficient (Wildman–Crippen LogP) is 4.27. The van der Waals surface area contributed by atoms with Gasteiger partial charge < -0.3 is 10.1 Å². The van der Waals surface area contributed by atoms with Crippen molar-refractivity contribution < 1.29 is 13.9 Å². The minimum absolute atomic E-state index is 0.0421. The van der Waals surface area contributed by atoms with Crippen molar-refractivity contribution in [1.82, 2.24) is 5.32 Å². The molecule has 2 fully saturated rings. The number of rotatable bonds is 5. The highest BCUT2D eigenvalue weighted by molar-refractivity contribution is 5.76. The largest absolute Gasteiger partial charge is 0.461 e. The lowest BCUT2D eigenvalue weighted by atomic mass is 9.59. The van der Waals surface area contributed by atoms with Crippen molar-refractivity contribution in [2.75, 3.05) is 13.1 Å². The third kappa shape index (κ3) is 3.69. The second-order valence-electron chi connectivity index (χ2n) is 8.92. The molecule has 1 saturated heterocycles. The number of fused-ring (bicyclic) bond motifs is 2. The molecule has 4 rings (SSSR count). The summed E-state index contributed by atoms with van der Waals surface area (Å²) in [4.78, 5) is 12.5. The number of esters is 1. The molecule has 0 radical (unpaired) electrons. The summed E-state index contributed by atoms with van der Waals surface area (Å²) in [5.74, 6) is 0.480. The SMILES string of the molecule is C[C@@H]1CCC[C@@]2(C)C[C@H]3OC(=O)[C@H](CNCCc4ccc(F)cc4)[C@@H]3C=C12. The topological polar surface area (TPSA) is 38.3 Å². The number of hydrogen-bond acceptors (Lipinski definition) is 3. The molecule has 1 N–H and O–H groups in total. The van der Waals surface area contributed by atoms with Crippen molar-refractivity contribution in [1.29, 1.82) is 0 Å². The minimum atomic E-state index is -0.208. The third-order valence-electron chi connectivity index (χ3n) is 6.95. The molecule has 27 heavy (non-hydrogen) atoms. The standard InChI is InChI=1S/C23H30FNO2/c1-15-4-3-10-23(2)13-21-18(12-20(15)23)19(22(26)27-21)14-25-11-9-16-5-7-17(24)8-6-16/h5-8,12,15,18-19,21,25H,3-4,9-11,13-14H2,1-2H3/t15-,18+,19-,21-,23+/m1/s1. The van der Waals surface area contributed by atoms with Gasteiger partial charge in [0, 0.05) is 12.5 Å². The van der Waals surface area contributed by atoms with Crippen molar-refractivity contribution >= 4 is 5.97 Å². The molecule has 1 aliphatic heterocycles. The predicted molar refractivity (Wildman–Crippen MR) is 104 cm³/mol. The zero-order valence-electron chi connectivity index (χ0n) is 16.3. The highest BCUT2D eigenvalue weighted by Crippen LogP contribution is 2.53. The molecule has 3 aliphatic rings. The Labute approximate surface area is 161 Å². The number of carbonyl (C=O) groups excluding carboxylic acids is 1. The number of carbonyl (C=O) groups is 1. The normalized spacial score (nSPS) is 35.2. The molecular weight excluding hydrogens is 341 g/mol. The van der Waals surface area contributed by atoms with E-state index in [0.29, 0.717) is 12.5 Å². The quantitative estimate of drug-likeness (QED) is 0.477. The molecule has 4 heteroatoms. The van der Waals surface area contributed by atoms with Gasteiger partial charge in [-0.25, -0.2) is 4.39 Å². The second-order valence-corrected chi connectivity index (χ2v) is 8.92. The van der Waals surface area contributed by atoms with Gasteiger partial charge in [-0.3, -0.25) is 4.79 Å². The number of nitrogens with one attached hydrogen (secondary N) is 1. The van der Waals surface area contributed by atoms with Crippen LogP contribution in [0.4, 0.5) is 4.39 Å². The van der Waals surface area contributed by atoms with E-state index in [1.807, 2.05) is 12.1 Å².